The highest BCUT2D eigenvalue weighted by atomic mass is 32.2. The van der Waals surface area contributed by atoms with Gasteiger partial charge in [0, 0.05) is 24.1 Å². The molecule has 0 unspecified atom stereocenters. The average Bonchev–Trinajstić information content (AvgIpc) is 2.91. The number of nitrogens with one attached hydrogen (secondary N) is 3. The van der Waals surface area contributed by atoms with Gasteiger partial charge in [0.15, 0.2) is 0 Å². The van der Waals surface area contributed by atoms with Crippen LogP contribution in [0.3, 0.4) is 0 Å². The van der Waals surface area contributed by atoms with Crippen LogP contribution in [-0.4, -0.2) is 54.9 Å². The Labute approximate surface area is 221 Å². The zero-order valence-corrected chi connectivity index (χ0v) is 22.3. The third-order valence-corrected chi connectivity index (χ3v) is 6.99. The van der Waals surface area contributed by atoms with Gasteiger partial charge in [0.05, 0.1) is 24.5 Å². The predicted molar refractivity (Wildman–Crippen MR) is 141 cm³/mol. The van der Waals surface area contributed by atoms with Gasteiger partial charge < -0.3 is 15.4 Å². The first-order valence-corrected chi connectivity index (χ1v) is 13.0. The van der Waals surface area contributed by atoms with E-state index in [-0.39, 0.29) is 17.6 Å². The molecule has 2 aromatic carbocycles. The van der Waals surface area contributed by atoms with Crippen molar-refractivity contribution < 1.29 is 29.1 Å². The van der Waals surface area contributed by atoms with Gasteiger partial charge in [0.25, 0.3) is 0 Å². The van der Waals surface area contributed by atoms with Gasteiger partial charge in [-0.2, -0.15) is 0 Å². The summed E-state index contributed by atoms with van der Waals surface area (Å²) in [6.07, 6.45) is 0.663. The van der Waals surface area contributed by atoms with E-state index in [2.05, 4.69) is 10.6 Å². The minimum absolute atomic E-state index is 0.0710. The summed E-state index contributed by atoms with van der Waals surface area (Å²) >= 11 is 1.32. The minimum atomic E-state index is -0.875. The Kier molecular flexibility index (Phi) is 12.1. The third kappa shape index (κ3) is 9.22. The van der Waals surface area contributed by atoms with E-state index < -0.39 is 35.7 Å². The number of hydroxylamine groups is 1. The highest BCUT2D eigenvalue weighted by Crippen LogP contribution is 2.29. The lowest BCUT2D eigenvalue weighted by Crippen LogP contribution is -2.51. The first-order chi connectivity index (χ1) is 17.7. The number of likely N-dealkylation sites (N-methyl/N-ethyl adjacent to an activating group) is 1. The molecule has 2 aromatic rings. The van der Waals surface area contributed by atoms with Crippen LogP contribution in [0.15, 0.2) is 59.5 Å². The fraction of sp³-hybridized carbons (Fsp3) is 0.407. The normalized spacial score (nSPS) is 13.2. The maximum atomic E-state index is 13.5. The molecular formula is C27H35N3O6S. The molecule has 4 N–H and O–H groups in total. The fourth-order valence-corrected chi connectivity index (χ4v) is 5.01. The van der Waals surface area contributed by atoms with E-state index in [1.807, 2.05) is 44.2 Å². The van der Waals surface area contributed by atoms with Crippen molar-refractivity contribution >= 4 is 35.5 Å². The average molecular weight is 530 g/mol. The Balaban J connectivity index is 2.24. The maximum absolute atomic E-state index is 13.5. The fourth-order valence-electron chi connectivity index (χ4n) is 3.92. The van der Waals surface area contributed by atoms with E-state index in [0.29, 0.717) is 18.4 Å². The van der Waals surface area contributed by atoms with Gasteiger partial charge in [-0.15, -0.1) is 11.8 Å². The molecule has 0 bridgehead atoms. The summed E-state index contributed by atoms with van der Waals surface area (Å²) in [5.41, 5.74) is 2.97. The smallest absolute Gasteiger partial charge is 0.337 e. The molecule has 0 aromatic heterocycles. The molecule has 10 heteroatoms. The van der Waals surface area contributed by atoms with E-state index in [4.69, 9.17) is 4.74 Å². The number of carbonyl (C=O) groups is 4. The SMILES string of the molecule is CNC(=O)[C@H](Cc1ccccc1)NC(=O)[C@H](CC(C)C)[C@H](CSc1ccc(C(=O)OC)cc1)C(=O)NO. The number of hydrogen-bond donors (Lipinski definition) is 4. The van der Waals surface area contributed by atoms with Crippen molar-refractivity contribution in [2.24, 2.45) is 17.8 Å². The Hall–Kier alpha value is -3.37. The first-order valence-electron chi connectivity index (χ1n) is 12.0. The lowest BCUT2D eigenvalue weighted by molar-refractivity contribution is -0.140. The monoisotopic (exact) mass is 529 g/mol. The zero-order valence-electron chi connectivity index (χ0n) is 21.5. The number of benzene rings is 2. The van der Waals surface area contributed by atoms with E-state index >= 15 is 0 Å². The summed E-state index contributed by atoms with van der Waals surface area (Å²) < 4.78 is 4.71. The molecule has 200 valence electrons. The van der Waals surface area contributed by atoms with Crippen LogP contribution in [0.1, 0.15) is 36.2 Å². The molecule has 0 aliphatic carbocycles. The molecule has 0 saturated carbocycles. The quantitative estimate of drug-likeness (QED) is 0.136. The number of hydrogen-bond acceptors (Lipinski definition) is 7. The molecule has 0 aliphatic rings. The Morgan fingerprint density at radius 3 is 2.11 bits per heavy atom. The van der Waals surface area contributed by atoms with Crippen LogP contribution in [0.2, 0.25) is 0 Å². The van der Waals surface area contributed by atoms with Crippen LogP contribution in [-0.2, 0) is 25.5 Å². The van der Waals surface area contributed by atoms with Gasteiger partial charge >= 0.3 is 5.97 Å². The molecule has 0 saturated heterocycles. The Bertz CT molecular complexity index is 1050. The van der Waals surface area contributed by atoms with Crippen molar-refractivity contribution in [3.05, 3.63) is 65.7 Å². The summed E-state index contributed by atoms with van der Waals surface area (Å²) in [7, 11) is 2.81. The van der Waals surface area contributed by atoms with Crippen LogP contribution in [0.4, 0.5) is 0 Å². The van der Waals surface area contributed by atoms with Crippen LogP contribution in [0, 0.1) is 17.8 Å². The molecule has 0 spiro atoms. The number of esters is 1. The van der Waals surface area contributed by atoms with E-state index in [9.17, 15) is 24.4 Å². The van der Waals surface area contributed by atoms with E-state index in [0.717, 1.165) is 10.5 Å². The van der Waals surface area contributed by atoms with Crippen molar-refractivity contribution in [3.8, 4) is 0 Å². The van der Waals surface area contributed by atoms with Gasteiger partial charge in [-0.1, -0.05) is 44.2 Å². The van der Waals surface area contributed by atoms with E-state index in [1.54, 1.807) is 29.7 Å². The lowest BCUT2D eigenvalue weighted by Gasteiger charge is -2.28. The highest BCUT2D eigenvalue weighted by molar-refractivity contribution is 7.99. The molecule has 3 amide bonds. The summed E-state index contributed by atoms with van der Waals surface area (Å²) in [6.45, 7) is 3.88. The van der Waals surface area contributed by atoms with Crippen LogP contribution in [0.5, 0.6) is 0 Å². The van der Waals surface area contributed by atoms with Gasteiger partial charge in [-0.25, -0.2) is 10.3 Å². The number of rotatable bonds is 13. The zero-order chi connectivity index (χ0) is 27.4. The summed E-state index contributed by atoms with van der Waals surface area (Å²) in [6, 6.07) is 15.2. The second-order valence-electron chi connectivity index (χ2n) is 9.01. The van der Waals surface area contributed by atoms with Gasteiger partial charge in [0.2, 0.25) is 17.7 Å². The molecule has 0 radical (unpaired) electrons. The van der Waals surface area contributed by atoms with Crippen molar-refractivity contribution in [1.82, 2.24) is 16.1 Å². The van der Waals surface area contributed by atoms with Crippen molar-refractivity contribution in [1.29, 1.82) is 0 Å². The Morgan fingerprint density at radius 2 is 1.57 bits per heavy atom. The molecule has 0 fully saturated rings. The maximum Gasteiger partial charge on any atom is 0.337 e. The predicted octanol–water partition coefficient (Wildman–Crippen LogP) is 2.82. The van der Waals surface area contributed by atoms with Crippen LogP contribution < -0.4 is 16.1 Å². The lowest BCUT2D eigenvalue weighted by atomic mass is 9.84. The highest BCUT2D eigenvalue weighted by Gasteiger charge is 2.36. The number of thioether (sulfide) groups is 1. The number of ether oxygens (including phenoxy) is 1. The van der Waals surface area contributed by atoms with Crippen LogP contribution in [0.25, 0.3) is 0 Å². The van der Waals surface area contributed by atoms with Crippen molar-refractivity contribution in [2.75, 3.05) is 19.9 Å². The summed E-state index contributed by atoms with van der Waals surface area (Å²) in [5, 5.41) is 14.9. The number of carbonyl (C=O) groups excluding carboxylic acids is 4. The molecule has 9 nitrogen and oxygen atoms in total. The van der Waals surface area contributed by atoms with Gasteiger partial charge in [-0.05, 0) is 42.2 Å². The summed E-state index contributed by atoms with van der Waals surface area (Å²) in [4.78, 5) is 51.3. The van der Waals surface area contributed by atoms with Crippen molar-refractivity contribution in [2.45, 2.75) is 37.6 Å². The van der Waals surface area contributed by atoms with Crippen LogP contribution >= 0.6 is 11.8 Å². The topological polar surface area (TPSA) is 134 Å². The first kappa shape index (κ1) is 29.9. The molecular weight excluding hydrogens is 494 g/mol. The van der Waals surface area contributed by atoms with E-state index in [1.165, 1.54) is 25.9 Å². The number of methoxy groups -OCH3 is 1. The molecule has 0 aliphatic heterocycles. The molecule has 2 rings (SSSR count). The largest absolute Gasteiger partial charge is 0.465 e. The standard InChI is InChI=1S/C27H35N3O6S/c1-17(2)14-21(24(31)29-23(26(33)28-3)15-18-8-6-5-7-9-18)22(25(32)30-35)16-37-20-12-10-19(11-13-20)27(34)36-4/h5-13,17,21-23,35H,14-16H2,1-4H3,(H,28,33)(H,29,31)(H,30,32)/t21-,22+,23+/m1/s1. The molecule has 3 atom stereocenters. The second-order valence-corrected chi connectivity index (χ2v) is 10.1. The van der Waals surface area contributed by atoms with Gasteiger partial charge in [-0.3, -0.25) is 19.6 Å². The van der Waals surface area contributed by atoms with Gasteiger partial charge in [0.1, 0.15) is 6.04 Å². The minimum Gasteiger partial charge on any atom is -0.465 e. The summed E-state index contributed by atoms with van der Waals surface area (Å²) in [5.74, 6) is -3.32. The molecule has 37 heavy (non-hydrogen) atoms. The third-order valence-electron chi connectivity index (χ3n) is 5.86. The number of amides is 3. The Morgan fingerprint density at radius 1 is 0.919 bits per heavy atom. The van der Waals surface area contributed by atoms with Crippen molar-refractivity contribution in [3.63, 3.8) is 0 Å². The second kappa shape index (κ2) is 15.0. The molecule has 0 heterocycles.